The number of halogens is 2. The molecule has 9 heterocycles. The van der Waals surface area contributed by atoms with Crippen LogP contribution in [0.15, 0.2) is 37.2 Å². The molecule has 510 valence electrons. The summed E-state index contributed by atoms with van der Waals surface area (Å²) in [7, 11) is -0.681. The second kappa shape index (κ2) is 33.0. The number of ether oxygens (including phenoxy) is 4. The van der Waals surface area contributed by atoms with Gasteiger partial charge in [0, 0.05) is 104 Å². The molecule has 4 amide bonds. The number of hydrogen-bond acceptors (Lipinski definition) is 16. The quantitative estimate of drug-likeness (QED) is 0.141. The number of nitrogens with zero attached hydrogens (tertiary/aromatic N) is 9. The standard InChI is InChI=1S/C19H32BN3O4.C13H20IN3O2.C11H21NO2.C10H19NO3.C7H15BO2.C3H3IN2/c1-17(2,3)25-16(24)22-10-8-15(9-11-22)23-13-14(12-21-23)20-26-18(4,5)19(6,7)27-20;1-13(2,3)19-12(18)16-6-4-11(5-7-16)17-9-10(14)8-15-17;1-9-5-7-12(8-6-9)10(13)14-11(2,3)4;1-10(2,3)14-9(13)11-6-4-8(12)5-7-11;1-6(2)7(3,4)10-8(5)9-6;4-3-1-5-6-2-3/h12-13,15H,8-11H2,1-7H3;8-9,11H,4-7H2,1-3H3;9H,5-8H2,1-4H3;8,12H,4-7H2,1-3H3;1-5H3;1-2H,(H,5,6)/i10D2,11D2;6D2,7D2;7D2,8D2;6D2,7D2;;. The molecule has 27 heteroatoms. The van der Waals surface area contributed by atoms with Gasteiger partial charge in [0.25, 0.3) is 0 Å². The molecule has 6 fully saturated rings. The van der Waals surface area contributed by atoms with Crippen molar-refractivity contribution in [3.8, 4) is 0 Å². The number of rotatable bonds is 3. The molecule has 0 atom stereocenters. The molecular formula is C63H110B2I2N10O13. The second-order valence-electron chi connectivity index (χ2n) is 27.9. The van der Waals surface area contributed by atoms with Gasteiger partial charge in [0.15, 0.2) is 0 Å². The molecule has 0 bridgehead atoms. The number of piperidine rings is 4. The third-order valence-electron chi connectivity index (χ3n) is 13.7. The van der Waals surface area contributed by atoms with Gasteiger partial charge in [-0.2, -0.15) is 15.3 Å². The summed E-state index contributed by atoms with van der Waals surface area (Å²) < 4.78 is 177. The van der Waals surface area contributed by atoms with Crippen molar-refractivity contribution in [2.24, 2.45) is 5.92 Å². The van der Waals surface area contributed by atoms with Gasteiger partial charge in [-0.25, -0.2) is 19.2 Å². The minimum absolute atomic E-state index is 0.0521. The predicted octanol–water partition coefficient (Wildman–Crippen LogP) is 12.6. The van der Waals surface area contributed by atoms with Gasteiger partial charge in [-0.1, -0.05) is 6.92 Å². The number of amides is 4. The first-order valence-corrected chi connectivity index (χ1v) is 32.2. The summed E-state index contributed by atoms with van der Waals surface area (Å²) in [5.41, 5.74) is -3.95. The molecule has 0 saturated carbocycles. The lowest BCUT2D eigenvalue weighted by Crippen LogP contribution is -2.42. The molecule has 0 aromatic carbocycles. The van der Waals surface area contributed by atoms with Crippen LogP contribution in [0.3, 0.4) is 0 Å². The number of aliphatic hydroxyl groups excluding tert-OH is 1. The lowest BCUT2D eigenvalue weighted by atomic mass is 9.82. The van der Waals surface area contributed by atoms with Crippen molar-refractivity contribution >= 4 is 89.3 Å². The van der Waals surface area contributed by atoms with E-state index >= 15 is 0 Å². The summed E-state index contributed by atoms with van der Waals surface area (Å²) >= 11 is 4.27. The lowest BCUT2D eigenvalue weighted by molar-refractivity contribution is 0.00578. The molecule has 3 aromatic heterocycles. The maximum atomic E-state index is 12.6. The van der Waals surface area contributed by atoms with Gasteiger partial charge in [-0.05, 0) is 248 Å². The SMILES string of the molecule is CB1OC(C)(C)C(C)(C)O1.Ic1cn[nH]c1.[2H]C1([2H])CC(C)CC([2H])([2H])N1C(=O)OC(C)(C)C.[2H]C1([2H])CC(O)CC([2H])([2H])N1C(=O)OC(C)(C)C.[2H]C1([2H])CC(n2cc(B3OC(C)(C)C(C)(C)O3)cn2)CC([2H])([2H])N1C(=O)OC(C)(C)C.[2H]C1([2H])CC(n2cc(I)cn2)CC([2H])([2H])N1C(=O)OC(C)(C)C. The van der Waals surface area contributed by atoms with Crippen molar-refractivity contribution in [2.45, 2.75) is 267 Å². The minimum atomic E-state index is -2.27. The van der Waals surface area contributed by atoms with Gasteiger partial charge in [-0.3, -0.25) is 14.5 Å². The number of nitrogens with one attached hydrogen (secondary N) is 1. The molecule has 0 radical (unpaired) electrons. The van der Waals surface area contributed by atoms with E-state index in [9.17, 15) is 24.3 Å². The molecular weight excluding hydrogens is 1380 g/mol. The van der Waals surface area contributed by atoms with E-state index < -0.39 is 135 Å². The van der Waals surface area contributed by atoms with Crippen molar-refractivity contribution < 1.29 is 83.8 Å². The summed E-state index contributed by atoms with van der Waals surface area (Å²) in [5.74, 6) is -0.117. The van der Waals surface area contributed by atoms with Gasteiger partial charge in [-0.15, -0.1) is 0 Å². The van der Waals surface area contributed by atoms with Gasteiger partial charge in [0.1, 0.15) is 22.4 Å². The van der Waals surface area contributed by atoms with Crippen LogP contribution in [0.2, 0.25) is 6.82 Å². The third kappa shape index (κ3) is 26.8. The largest absolute Gasteiger partial charge is 0.498 e. The number of aliphatic hydroxyl groups is 1. The number of H-pyrrole nitrogens is 1. The third-order valence-corrected chi connectivity index (χ3v) is 14.9. The molecule has 23 nitrogen and oxygen atoms in total. The van der Waals surface area contributed by atoms with E-state index in [1.54, 1.807) is 126 Å². The summed E-state index contributed by atoms with van der Waals surface area (Å²) in [5, 5.41) is 24.3. The Kier molecular flexibility index (Phi) is 20.7. The highest BCUT2D eigenvalue weighted by atomic mass is 127. The normalized spacial score (nSPS) is 27.6. The Morgan fingerprint density at radius 2 is 0.856 bits per heavy atom. The van der Waals surface area contributed by atoms with Crippen LogP contribution in [0.25, 0.3) is 0 Å². The fraction of sp³-hybridized carbons (Fsp3) is 0.794. The lowest BCUT2D eigenvalue weighted by Gasteiger charge is -2.33. The van der Waals surface area contributed by atoms with Crippen molar-refractivity contribution in [3.05, 3.63) is 44.3 Å². The Balaban J connectivity index is 0.000000284. The molecule has 6 aliphatic rings. The number of carbonyl (C=O) groups excluding carboxylic acids is 4. The Bertz CT molecular complexity index is 3290. The zero-order valence-corrected chi connectivity index (χ0v) is 61.0. The first kappa shape index (κ1) is 56.4. The van der Waals surface area contributed by atoms with E-state index in [0.29, 0.717) is 25.1 Å². The number of carbonyl (C=O) groups is 4. The monoisotopic (exact) mass is 1510 g/mol. The smallest absolute Gasteiger partial charge is 0.444 e. The summed E-state index contributed by atoms with van der Waals surface area (Å²) in [4.78, 5) is 50.9. The first-order chi connectivity index (χ1) is 47.1. The van der Waals surface area contributed by atoms with Crippen molar-refractivity contribution in [1.82, 2.24) is 49.4 Å². The topological polar surface area (TPSA) is 240 Å². The fourth-order valence-corrected chi connectivity index (χ4v) is 8.54. The minimum Gasteiger partial charge on any atom is -0.444 e. The molecule has 9 rings (SSSR count). The van der Waals surface area contributed by atoms with Crippen molar-refractivity contribution in [3.63, 3.8) is 0 Å². The molecule has 6 aliphatic heterocycles. The average molecular weight is 1510 g/mol. The molecule has 0 aliphatic carbocycles. The number of likely N-dealkylation sites (tertiary alicyclic amines) is 4. The van der Waals surface area contributed by atoms with Gasteiger partial charge >= 0.3 is 38.6 Å². The van der Waals surface area contributed by atoms with Crippen molar-refractivity contribution in [1.29, 1.82) is 0 Å². The molecule has 0 spiro atoms. The first-order valence-electron chi connectivity index (χ1n) is 38.0. The zero-order chi connectivity index (χ0) is 82.4. The zero-order valence-electron chi connectivity index (χ0n) is 72.7. The van der Waals surface area contributed by atoms with E-state index in [0.717, 1.165) is 7.14 Å². The molecule has 6 saturated heterocycles. The molecule has 0 unspecified atom stereocenters. The van der Waals surface area contributed by atoms with Gasteiger partial charge < -0.3 is 62.3 Å². The Morgan fingerprint density at radius 3 is 1.13 bits per heavy atom. The van der Waals surface area contributed by atoms with Crippen LogP contribution in [-0.4, -0.2) is 196 Å². The number of aromatic nitrogens is 6. The van der Waals surface area contributed by atoms with E-state index in [-0.39, 0.29) is 75.6 Å². The number of hydrogen-bond donors (Lipinski definition) is 2. The highest BCUT2D eigenvalue weighted by Gasteiger charge is 2.52. The summed E-state index contributed by atoms with van der Waals surface area (Å²) in [6, 6.07) is -1.07. The van der Waals surface area contributed by atoms with E-state index in [1.807, 2.05) is 40.7 Å². The van der Waals surface area contributed by atoms with Crippen LogP contribution in [0.5, 0.6) is 0 Å². The highest BCUT2D eigenvalue weighted by Crippen LogP contribution is 2.38. The fourth-order valence-electron chi connectivity index (χ4n) is 7.85. The summed E-state index contributed by atoms with van der Waals surface area (Å²) in [6.45, 7) is 22.1. The Morgan fingerprint density at radius 1 is 0.533 bits per heavy atom. The van der Waals surface area contributed by atoms with Crippen LogP contribution in [0.4, 0.5) is 19.2 Å². The van der Waals surface area contributed by atoms with Gasteiger partial charge in [0.2, 0.25) is 0 Å². The van der Waals surface area contributed by atoms with E-state index in [1.165, 1.54) is 4.68 Å². The van der Waals surface area contributed by atoms with Crippen LogP contribution >= 0.6 is 45.2 Å². The van der Waals surface area contributed by atoms with Crippen LogP contribution in [0, 0.1) is 13.1 Å². The van der Waals surface area contributed by atoms with Crippen LogP contribution in [0.1, 0.15) is 231 Å². The maximum absolute atomic E-state index is 12.6. The molecule has 2 N–H and O–H groups in total. The highest BCUT2D eigenvalue weighted by molar-refractivity contribution is 14.1. The Labute approximate surface area is 588 Å². The maximum Gasteiger partial charge on any atom is 0.498 e. The van der Waals surface area contributed by atoms with Crippen LogP contribution < -0.4 is 5.46 Å². The van der Waals surface area contributed by atoms with E-state index in [4.69, 9.17) is 59.5 Å². The van der Waals surface area contributed by atoms with E-state index in [2.05, 4.69) is 93.3 Å². The Hall–Kier alpha value is -3.90. The second-order valence-corrected chi connectivity index (χ2v) is 30.4. The average Bonchev–Trinajstić information content (AvgIpc) is 0.964. The molecule has 3 aromatic rings. The van der Waals surface area contributed by atoms with Gasteiger partial charge in [0.05, 0.1) is 60.1 Å². The molecule has 90 heavy (non-hydrogen) atoms. The van der Waals surface area contributed by atoms with Crippen molar-refractivity contribution in [2.75, 3.05) is 52.0 Å². The summed E-state index contributed by atoms with van der Waals surface area (Å²) in [6.07, 6.45) is 4.36. The predicted molar refractivity (Wildman–Crippen MR) is 368 cm³/mol. The number of aromatic amines is 1. The van der Waals surface area contributed by atoms with Crippen LogP contribution in [-0.2, 0) is 37.6 Å².